The van der Waals surface area contributed by atoms with E-state index in [0.29, 0.717) is 44.2 Å². The lowest BCUT2D eigenvalue weighted by molar-refractivity contribution is -0.137. The number of anilines is 2. The van der Waals surface area contributed by atoms with Gasteiger partial charge >= 0.3 is 6.18 Å². The van der Waals surface area contributed by atoms with E-state index >= 15 is 0 Å². The summed E-state index contributed by atoms with van der Waals surface area (Å²) < 4.78 is 51.1. The van der Waals surface area contributed by atoms with Gasteiger partial charge in [0.25, 0.3) is 5.91 Å². The Balaban J connectivity index is 1.57. The predicted molar refractivity (Wildman–Crippen MR) is 125 cm³/mol. The number of aryl methyl sites for hydroxylation is 3. The highest BCUT2D eigenvalue weighted by atomic mass is 19.4. The van der Waals surface area contributed by atoms with Crippen LogP contribution in [-0.4, -0.2) is 32.2 Å². The number of furan rings is 1. The maximum absolute atomic E-state index is 13.3. The van der Waals surface area contributed by atoms with Crippen LogP contribution < -0.4 is 10.2 Å². The molecular weight excluding hydrogens is 445 g/mol. The van der Waals surface area contributed by atoms with Crippen LogP contribution in [0.1, 0.15) is 44.1 Å². The Morgan fingerprint density at radius 3 is 2.32 bits per heavy atom. The fourth-order valence-corrected chi connectivity index (χ4v) is 4.33. The molecule has 0 unspecified atom stereocenters. The molecule has 2 heterocycles. The van der Waals surface area contributed by atoms with E-state index < -0.39 is 17.6 Å². The van der Waals surface area contributed by atoms with Gasteiger partial charge in [0.1, 0.15) is 5.76 Å². The fourth-order valence-electron chi connectivity index (χ4n) is 4.33. The molecule has 2 aromatic carbocycles. The lowest BCUT2D eigenvalue weighted by atomic mass is 9.97. The molecule has 1 aliphatic heterocycles. The second-order valence-electron chi connectivity index (χ2n) is 8.60. The largest absolute Gasteiger partial charge is 0.456 e. The number of hydrogen-bond acceptors (Lipinski definition) is 4. The summed E-state index contributed by atoms with van der Waals surface area (Å²) in [7, 11) is 0. The highest BCUT2D eigenvalue weighted by molar-refractivity contribution is 6.04. The lowest BCUT2D eigenvalue weighted by Crippen LogP contribution is -2.36. The first-order valence-electron chi connectivity index (χ1n) is 11.1. The number of carbonyl (C=O) groups excluding carboxylic acids is 1. The Bertz CT molecular complexity index is 1170. The maximum Gasteiger partial charge on any atom is 0.416 e. The molecule has 1 fully saturated rings. The highest BCUT2D eigenvalue weighted by Gasteiger charge is 2.32. The molecule has 1 amide bonds. The van der Waals surface area contributed by atoms with Crippen molar-refractivity contribution in [2.24, 2.45) is 0 Å². The number of alkyl halides is 3. The molecule has 5 nitrogen and oxygen atoms in total. The smallest absolute Gasteiger partial charge is 0.416 e. The predicted octanol–water partition coefficient (Wildman–Crippen LogP) is 5.90. The molecule has 4 rings (SSSR count). The Hall–Kier alpha value is -3.26. The maximum atomic E-state index is 13.3. The number of ether oxygens (including phenoxy) is 1. The number of benzene rings is 2. The molecule has 1 N–H and O–H groups in total. The quantitative estimate of drug-likeness (QED) is 0.502. The Morgan fingerprint density at radius 1 is 1.00 bits per heavy atom. The van der Waals surface area contributed by atoms with Crippen molar-refractivity contribution >= 4 is 17.3 Å². The van der Waals surface area contributed by atoms with Crippen LogP contribution >= 0.6 is 0 Å². The van der Waals surface area contributed by atoms with Gasteiger partial charge in [0, 0.05) is 19.5 Å². The first-order valence-corrected chi connectivity index (χ1v) is 11.1. The number of nitrogens with zero attached hydrogens (tertiary/aromatic N) is 1. The molecule has 0 aliphatic carbocycles. The van der Waals surface area contributed by atoms with Gasteiger partial charge in [-0.3, -0.25) is 4.79 Å². The van der Waals surface area contributed by atoms with E-state index in [-0.39, 0.29) is 11.4 Å². The summed E-state index contributed by atoms with van der Waals surface area (Å²) >= 11 is 0. The van der Waals surface area contributed by atoms with E-state index in [1.54, 1.807) is 12.1 Å². The minimum absolute atomic E-state index is 0.0442. The molecule has 180 valence electrons. The van der Waals surface area contributed by atoms with Gasteiger partial charge in [0.2, 0.25) is 0 Å². The third-order valence-corrected chi connectivity index (χ3v) is 6.00. The molecule has 0 atom stereocenters. The molecular formula is C26H27F3N2O3. The van der Waals surface area contributed by atoms with Gasteiger partial charge < -0.3 is 19.4 Å². The molecule has 1 saturated heterocycles. The number of amides is 1. The van der Waals surface area contributed by atoms with Crippen LogP contribution in [-0.2, 0) is 17.3 Å². The normalized spacial score (nSPS) is 14.4. The first-order chi connectivity index (χ1) is 16.1. The lowest BCUT2D eigenvalue weighted by Gasteiger charge is -2.30. The van der Waals surface area contributed by atoms with Crippen molar-refractivity contribution in [2.75, 3.05) is 36.5 Å². The summed E-state index contributed by atoms with van der Waals surface area (Å²) in [6.07, 6.45) is -4.00. The van der Waals surface area contributed by atoms with Gasteiger partial charge in [-0.15, -0.1) is 0 Å². The molecule has 1 aliphatic rings. The van der Waals surface area contributed by atoms with Crippen molar-refractivity contribution in [3.63, 3.8) is 0 Å². The summed E-state index contributed by atoms with van der Waals surface area (Å²) in [6.45, 7) is 8.09. The minimum Gasteiger partial charge on any atom is -0.456 e. The molecule has 0 saturated carbocycles. The van der Waals surface area contributed by atoms with Gasteiger partial charge in [-0.25, -0.2) is 0 Å². The number of morpholine rings is 1. The molecule has 8 heteroatoms. The number of carbonyl (C=O) groups is 1. The van der Waals surface area contributed by atoms with E-state index in [1.165, 1.54) is 11.6 Å². The van der Waals surface area contributed by atoms with Crippen LogP contribution in [0.25, 0.3) is 0 Å². The molecule has 34 heavy (non-hydrogen) atoms. The van der Waals surface area contributed by atoms with E-state index in [0.717, 1.165) is 28.8 Å². The third-order valence-electron chi connectivity index (χ3n) is 6.00. The van der Waals surface area contributed by atoms with Crippen LogP contribution in [0.4, 0.5) is 24.5 Å². The van der Waals surface area contributed by atoms with Crippen LogP contribution in [0.5, 0.6) is 0 Å². The van der Waals surface area contributed by atoms with Crippen molar-refractivity contribution in [2.45, 2.75) is 33.4 Å². The van der Waals surface area contributed by atoms with Crippen LogP contribution in [0.15, 0.2) is 46.9 Å². The molecule has 0 spiro atoms. The monoisotopic (exact) mass is 472 g/mol. The average Bonchev–Trinajstić information content (AvgIpc) is 3.25. The summed E-state index contributed by atoms with van der Waals surface area (Å²) in [5, 5.41) is 2.63. The van der Waals surface area contributed by atoms with E-state index in [9.17, 15) is 18.0 Å². The third kappa shape index (κ3) is 5.28. The standard InChI is InChI=1S/C26H27F3N2O3/c1-16-12-17(2)21(18(3)13-16)15-20-5-7-24(34-20)25(32)30-22-14-19(26(27,28)29)4-6-23(22)31-8-10-33-11-9-31/h4-7,12-14H,8-11,15H2,1-3H3,(H,30,32). The van der Waals surface area contributed by atoms with Crippen molar-refractivity contribution in [3.8, 4) is 0 Å². The molecule has 1 aromatic heterocycles. The van der Waals surface area contributed by atoms with Crippen molar-refractivity contribution in [3.05, 3.63) is 81.8 Å². The van der Waals surface area contributed by atoms with Gasteiger partial charge in [-0.05, 0) is 67.8 Å². The van der Waals surface area contributed by atoms with Crippen molar-refractivity contribution in [1.82, 2.24) is 0 Å². The summed E-state index contributed by atoms with van der Waals surface area (Å²) in [6, 6.07) is 10.8. The highest BCUT2D eigenvalue weighted by Crippen LogP contribution is 2.36. The Kier molecular flexibility index (Phi) is 6.70. The number of hydrogen-bond donors (Lipinski definition) is 1. The van der Waals surface area contributed by atoms with Gasteiger partial charge in [0.05, 0.1) is 30.2 Å². The topological polar surface area (TPSA) is 54.7 Å². The van der Waals surface area contributed by atoms with E-state index in [1.807, 2.05) is 25.7 Å². The SMILES string of the molecule is Cc1cc(C)c(Cc2ccc(C(=O)Nc3cc(C(F)(F)F)ccc3N3CCOCC3)o2)c(C)c1. The van der Waals surface area contributed by atoms with Gasteiger partial charge in [0.15, 0.2) is 5.76 Å². The number of nitrogens with one attached hydrogen (secondary N) is 1. The molecule has 0 bridgehead atoms. The zero-order chi connectivity index (χ0) is 24.5. The first kappa shape index (κ1) is 23.9. The van der Waals surface area contributed by atoms with E-state index in [4.69, 9.17) is 9.15 Å². The zero-order valence-corrected chi connectivity index (χ0v) is 19.4. The summed E-state index contributed by atoms with van der Waals surface area (Å²) in [5.41, 5.74) is 4.35. The molecule has 3 aromatic rings. The zero-order valence-electron chi connectivity index (χ0n) is 19.4. The van der Waals surface area contributed by atoms with Crippen LogP contribution in [0.3, 0.4) is 0 Å². The van der Waals surface area contributed by atoms with E-state index in [2.05, 4.69) is 17.4 Å². The van der Waals surface area contributed by atoms with Crippen molar-refractivity contribution in [1.29, 1.82) is 0 Å². The average molecular weight is 473 g/mol. The number of rotatable bonds is 5. The van der Waals surface area contributed by atoms with Crippen LogP contribution in [0.2, 0.25) is 0 Å². The van der Waals surface area contributed by atoms with Crippen molar-refractivity contribution < 1.29 is 27.1 Å². The second-order valence-corrected chi connectivity index (χ2v) is 8.60. The summed E-state index contributed by atoms with van der Waals surface area (Å²) in [4.78, 5) is 14.8. The Labute approximate surface area is 196 Å². The van der Waals surface area contributed by atoms with Crippen LogP contribution in [0, 0.1) is 20.8 Å². The molecule has 0 radical (unpaired) electrons. The summed E-state index contributed by atoms with van der Waals surface area (Å²) in [5.74, 6) is 0.0536. The second kappa shape index (κ2) is 9.54. The van der Waals surface area contributed by atoms with Gasteiger partial charge in [-0.2, -0.15) is 13.2 Å². The number of halogens is 3. The van der Waals surface area contributed by atoms with Gasteiger partial charge in [-0.1, -0.05) is 17.7 Å². The Morgan fingerprint density at radius 2 is 1.68 bits per heavy atom. The fraction of sp³-hybridized carbons (Fsp3) is 0.346. The minimum atomic E-state index is -4.52.